The number of carboxylic acids is 1. The normalized spacial score (nSPS) is 10.1. The maximum Gasteiger partial charge on any atom is 0.323 e. The van der Waals surface area contributed by atoms with Crippen LogP contribution < -0.4 is 5.32 Å². The number of rotatable bonds is 6. The minimum absolute atomic E-state index is 0.151. The number of hydrogen-bond acceptors (Lipinski definition) is 3. The summed E-state index contributed by atoms with van der Waals surface area (Å²) in [4.78, 5) is 37.7. The zero-order chi connectivity index (χ0) is 17.6. The lowest BCUT2D eigenvalue weighted by Crippen LogP contribution is -2.36. The Morgan fingerprint density at radius 2 is 1.91 bits per heavy atom. The molecule has 1 aromatic carbocycles. The summed E-state index contributed by atoms with van der Waals surface area (Å²) in [7, 11) is 3.18. The van der Waals surface area contributed by atoms with Gasteiger partial charge in [0.25, 0.3) is 5.91 Å². The summed E-state index contributed by atoms with van der Waals surface area (Å²) in [5.74, 6) is -1.58. The summed E-state index contributed by atoms with van der Waals surface area (Å²) in [6.45, 7) is 1.74. The number of carbonyl (C=O) groups excluding carboxylic acids is 2. The van der Waals surface area contributed by atoms with Crippen molar-refractivity contribution in [2.75, 3.05) is 32.5 Å². The van der Waals surface area contributed by atoms with Gasteiger partial charge in [0, 0.05) is 26.3 Å². The van der Waals surface area contributed by atoms with E-state index in [1.807, 2.05) is 6.92 Å². The lowest BCUT2D eigenvalue weighted by Gasteiger charge is -2.21. The van der Waals surface area contributed by atoms with Crippen molar-refractivity contribution in [3.05, 3.63) is 28.8 Å². The summed E-state index contributed by atoms with van der Waals surface area (Å²) in [5, 5.41) is 11.7. The second-order valence-corrected chi connectivity index (χ2v) is 5.55. The Hall–Kier alpha value is -2.28. The summed E-state index contributed by atoms with van der Waals surface area (Å²) in [5.41, 5.74) is 0.557. The largest absolute Gasteiger partial charge is 0.480 e. The van der Waals surface area contributed by atoms with Gasteiger partial charge in [-0.25, -0.2) is 4.79 Å². The van der Waals surface area contributed by atoms with Gasteiger partial charge in [-0.1, -0.05) is 18.5 Å². The zero-order valence-electron chi connectivity index (χ0n) is 13.3. The van der Waals surface area contributed by atoms with Crippen LogP contribution in [0.5, 0.6) is 0 Å². The molecule has 0 atom stereocenters. The molecule has 1 aromatic rings. The van der Waals surface area contributed by atoms with Gasteiger partial charge in [-0.05, 0) is 24.6 Å². The number of halogens is 1. The van der Waals surface area contributed by atoms with Crippen molar-refractivity contribution in [2.45, 2.75) is 13.3 Å². The van der Waals surface area contributed by atoms with Crippen LogP contribution in [-0.2, 0) is 4.79 Å². The molecule has 0 aliphatic heterocycles. The van der Waals surface area contributed by atoms with Crippen molar-refractivity contribution in [3.63, 3.8) is 0 Å². The van der Waals surface area contributed by atoms with Crippen LogP contribution in [0.15, 0.2) is 18.2 Å². The van der Waals surface area contributed by atoms with Crippen LogP contribution in [0, 0.1) is 0 Å². The minimum atomic E-state index is -1.10. The Kier molecular flexibility index (Phi) is 6.84. The van der Waals surface area contributed by atoms with Crippen LogP contribution in [0.3, 0.4) is 0 Å². The van der Waals surface area contributed by atoms with Crippen molar-refractivity contribution < 1.29 is 19.5 Å². The number of aliphatic carboxylic acids is 1. The van der Waals surface area contributed by atoms with Gasteiger partial charge in [-0.2, -0.15) is 0 Å². The van der Waals surface area contributed by atoms with E-state index in [-0.39, 0.29) is 16.6 Å². The first kappa shape index (κ1) is 18.8. The standard InChI is InChI=1S/C15H20ClN3O4/c1-4-7-19(9-13(20)21)14(22)11-8-10(5-6-12(11)16)17-15(23)18(2)3/h5-6,8H,4,7,9H2,1-3H3,(H,17,23)(H,20,21). The average molecular weight is 342 g/mol. The molecule has 0 aromatic heterocycles. The van der Waals surface area contributed by atoms with E-state index in [4.69, 9.17) is 16.7 Å². The summed E-state index contributed by atoms with van der Waals surface area (Å²) in [6.07, 6.45) is 0.619. The molecule has 1 rings (SSSR count). The molecule has 0 spiro atoms. The van der Waals surface area contributed by atoms with Crippen LogP contribution in [0.25, 0.3) is 0 Å². The van der Waals surface area contributed by atoms with Gasteiger partial charge in [0.05, 0.1) is 10.6 Å². The third-order valence-corrected chi connectivity index (χ3v) is 3.29. The molecular weight excluding hydrogens is 322 g/mol. The molecule has 0 bridgehead atoms. The molecule has 3 amide bonds. The molecule has 0 aliphatic carbocycles. The number of anilines is 1. The minimum Gasteiger partial charge on any atom is -0.480 e. The number of nitrogens with one attached hydrogen (secondary N) is 1. The van der Waals surface area contributed by atoms with E-state index < -0.39 is 18.4 Å². The zero-order valence-corrected chi connectivity index (χ0v) is 14.1. The predicted octanol–water partition coefficient (Wildman–Crippen LogP) is 2.37. The lowest BCUT2D eigenvalue weighted by molar-refractivity contribution is -0.137. The first-order chi connectivity index (χ1) is 10.8. The summed E-state index contributed by atoms with van der Waals surface area (Å²) >= 11 is 6.05. The van der Waals surface area contributed by atoms with Crippen LogP contribution in [-0.4, -0.2) is 60.0 Å². The van der Waals surface area contributed by atoms with Crippen molar-refractivity contribution in [2.24, 2.45) is 0 Å². The Morgan fingerprint density at radius 3 is 2.43 bits per heavy atom. The highest BCUT2D eigenvalue weighted by atomic mass is 35.5. The first-order valence-corrected chi connectivity index (χ1v) is 7.43. The Labute approximate surface area is 139 Å². The molecule has 2 N–H and O–H groups in total. The van der Waals surface area contributed by atoms with Crippen LogP contribution in [0.1, 0.15) is 23.7 Å². The molecule has 23 heavy (non-hydrogen) atoms. The molecule has 7 nitrogen and oxygen atoms in total. The fraction of sp³-hybridized carbons (Fsp3) is 0.400. The molecule has 8 heteroatoms. The maximum atomic E-state index is 12.5. The van der Waals surface area contributed by atoms with E-state index >= 15 is 0 Å². The molecule has 0 fully saturated rings. The second kappa shape index (κ2) is 8.38. The van der Waals surface area contributed by atoms with Crippen LogP contribution in [0.2, 0.25) is 5.02 Å². The highest BCUT2D eigenvalue weighted by Crippen LogP contribution is 2.22. The Bertz CT molecular complexity index is 604. The Morgan fingerprint density at radius 1 is 1.26 bits per heavy atom. The number of nitrogens with zero attached hydrogens (tertiary/aromatic N) is 2. The molecule has 0 saturated carbocycles. The van der Waals surface area contributed by atoms with Gasteiger partial charge in [-0.3, -0.25) is 9.59 Å². The van der Waals surface area contributed by atoms with Crippen molar-refractivity contribution >= 4 is 35.2 Å². The highest BCUT2D eigenvalue weighted by molar-refractivity contribution is 6.34. The van der Waals surface area contributed by atoms with Crippen LogP contribution in [0.4, 0.5) is 10.5 Å². The fourth-order valence-electron chi connectivity index (χ4n) is 1.86. The summed E-state index contributed by atoms with van der Waals surface area (Å²) < 4.78 is 0. The first-order valence-electron chi connectivity index (χ1n) is 7.05. The van der Waals surface area contributed by atoms with E-state index in [9.17, 15) is 14.4 Å². The fourth-order valence-corrected chi connectivity index (χ4v) is 2.06. The molecular formula is C15H20ClN3O4. The topological polar surface area (TPSA) is 90.0 Å². The molecule has 0 saturated heterocycles. The van der Waals surface area contributed by atoms with Crippen molar-refractivity contribution in [1.29, 1.82) is 0 Å². The van der Waals surface area contributed by atoms with E-state index in [1.54, 1.807) is 20.2 Å². The van der Waals surface area contributed by atoms with Gasteiger partial charge < -0.3 is 20.2 Å². The van der Waals surface area contributed by atoms with Crippen molar-refractivity contribution in [1.82, 2.24) is 9.80 Å². The van der Waals surface area contributed by atoms with E-state index in [0.29, 0.717) is 18.7 Å². The number of hydrogen-bond donors (Lipinski definition) is 2. The number of carboxylic acid groups (broad SMARTS) is 1. The summed E-state index contributed by atoms with van der Waals surface area (Å²) in [6, 6.07) is 4.16. The van der Waals surface area contributed by atoms with Gasteiger partial charge >= 0.3 is 12.0 Å². The lowest BCUT2D eigenvalue weighted by atomic mass is 10.1. The smallest absolute Gasteiger partial charge is 0.323 e. The number of carbonyl (C=O) groups is 3. The quantitative estimate of drug-likeness (QED) is 0.831. The van der Waals surface area contributed by atoms with Crippen molar-refractivity contribution in [3.8, 4) is 0 Å². The molecule has 0 unspecified atom stereocenters. The third kappa shape index (κ3) is 5.45. The van der Waals surface area contributed by atoms with Crippen LogP contribution >= 0.6 is 11.6 Å². The second-order valence-electron chi connectivity index (χ2n) is 5.14. The monoisotopic (exact) mass is 341 g/mol. The number of benzene rings is 1. The van der Waals surface area contributed by atoms with Gasteiger partial charge in [0.2, 0.25) is 0 Å². The maximum absolute atomic E-state index is 12.5. The number of urea groups is 1. The predicted molar refractivity (Wildman–Crippen MR) is 88.0 cm³/mol. The molecule has 0 aliphatic rings. The average Bonchev–Trinajstić information content (AvgIpc) is 2.47. The highest BCUT2D eigenvalue weighted by Gasteiger charge is 2.21. The van der Waals surface area contributed by atoms with E-state index in [2.05, 4.69) is 5.32 Å². The third-order valence-electron chi connectivity index (χ3n) is 2.96. The van der Waals surface area contributed by atoms with E-state index in [1.165, 1.54) is 21.9 Å². The van der Waals surface area contributed by atoms with Gasteiger partial charge in [-0.15, -0.1) is 0 Å². The molecule has 126 valence electrons. The Balaban J connectivity index is 3.06. The molecule has 0 radical (unpaired) electrons. The van der Waals surface area contributed by atoms with Gasteiger partial charge in [0.1, 0.15) is 6.54 Å². The SMILES string of the molecule is CCCN(CC(=O)O)C(=O)c1cc(NC(=O)N(C)C)ccc1Cl. The van der Waals surface area contributed by atoms with E-state index in [0.717, 1.165) is 0 Å². The molecule has 0 heterocycles. The van der Waals surface area contributed by atoms with Gasteiger partial charge in [0.15, 0.2) is 0 Å². The number of amides is 3.